The summed E-state index contributed by atoms with van der Waals surface area (Å²) in [7, 11) is -1.10. The fraction of sp³-hybridized carbons (Fsp3) is 0.778. The normalized spacial score (nSPS) is 18.4. The van der Waals surface area contributed by atoms with Gasteiger partial charge in [0.15, 0.2) is 0 Å². The molecule has 1 atom stereocenters. The maximum absolute atomic E-state index is 12.6. The third-order valence-electron chi connectivity index (χ3n) is 4.23. The van der Waals surface area contributed by atoms with Gasteiger partial charge in [0.1, 0.15) is 21.9 Å². The van der Waals surface area contributed by atoms with Crippen LogP contribution in [0.15, 0.2) is 6.20 Å². The minimum Gasteiger partial charge on any atom is -0.444 e. The van der Waals surface area contributed by atoms with Crippen molar-refractivity contribution in [1.82, 2.24) is 14.5 Å². The van der Waals surface area contributed by atoms with Crippen molar-refractivity contribution in [3.05, 3.63) is 15.7 Å². The lowest BCUT2D eigenvalue weighted by Crippen LogP contribution is -2.37. The van der Waals surface area contributed by atoms with Crippen molar-refractivity contribution >= 4 is 36.8 Å². The largest absolute Gasteiger partial charge is 0.444 e. The molecular weight excluding hydrogens is 461 g/mol. The molecule has 0 radical (unpaired) electrons. The number of ether oxygens (including phenoxy) is 2. The Balaban J connectivity index is 2.07. The van der Waals surface area contributed by atoms with Gasteiger partial charge in [-0.1, -0.05) is 19.6 Å². The van der Waals surface area contributed by atoms with Crippen LogP contribution >= 0.6 is 22.6 Å². The number of amides is 1. The Kier molecular flexibility index (Phi) is 7.17. The van der Waals surface area contributed by atoms with Crippen LogP contribution in [0.4, 0.5) is 4.79 Å². The first kappa shape index (κ1) is 21.7. The van der Waals surface area contributed by atoms with E-state index in [-0.39, 0.29) is 12.1 Å². The molecule has 2 heterocycles. The first-order valence-corrected chi connectivity index (χ1v) is 14.0. The zero-order chi connectivity index (χ0) is 19.5. The zero-order valence-corrected chi connectivity index (χ0v) is 20.0. The summed E-state index contributed by atoms with van der Waals surface area (Å²) in [6.07, 6.45) is 3.46. The lowest BCUT2D eigenvalue weighted by atomic mass is 10.2. The molecule has 148 valence electrons. The molecule has 0 aliphatic carbocycles. The molecule has 1 saturated heterocycles. The van der Waals surface area contributed by atoms with Crippen LogP contribution in [-0.4, -0.2) is 47.4 Å². The van der Waals surface area contributed by atoms with E-state index >= 15 is 0 Å². The number of hydrogen-bond donors (Lipinski definition) is 0. The van der Waals surface area contributed by atoms with E-state index < -0.39 is 13.7 Å². The molecule has 0 spiro atoms. The maximum atomic E-state index is 12.6. The number of aromatic nitrogens is 2. The van der Waals surface area contributed by atoms with Crippen LogP contribution in [0, 0.1) is 3.70 Å². The number of rotatable bonds is 6. The van der Waals surface area contributed by atoms with Crippen LogP contribution in [0.2, 0.25) is 25.7 Å². The number of halogens is 1. The summed E-state index contributed by atoms with van der Waals surface area (Å²) in [4.78, 5) is 19.0. The SMILES string of the molecule is CC(C)(C)OC(=O)N1CCC[C@H]1c1ncc(I)n1COCC[Si](C)(C)C. The molecule has 8 heteroatoms. The van der Waals surface area contributed by atoms with Gasteiger partial charge in [-0.15, -0.1) is 0 Å². The number of imidazole rings is 1. The summed E-state index contributed by atoms with van der Waals surface area (Å²) >= 11 is 2.28. The first-order valence-electron chi connectivity index (χ1n) is 9.26. The monoisotopic (exact) mass is 493 g/mol. The van der Waals surface area contributed by atoms with Crippen molar-refractivity contribution in [2.75, 3.05) is 13.2 Å². The number of carbonyl (C=O) groups excluding carboxylic acids is 1. The second-order valence-corrected chi connectivity index (χ2v) is 15.8. The number of likely N-dealkylation sites (tertiary alicyclic amines) is 1. The smallest absolute Gasteiger partial charge is 0.410 e. The van der Waals surface area contributed by atoms with Crippen LogP contribution in [0.5, 0.6) is 0 Å². The summed E-state index contributed by atoms with van der Waals surface area (Å²) in [6.45, 7) is 14.7. The summed E-state index contributed by atoms with van der Waals surface area (Å²) in [5.41, 5.74) is -0.492. The quantitative estimate of drug-likeness (QED) is 0.322. The van der Waals surface area contributed by atoms with Gasteiger partial charge in [0, 0.05) is 21.2 Å². The van der Waals surface area contributed by atoms with Crippen LogP contribution < -0.4 is 0 Å². The molecular formula is C18H32IN3O3Si. The topological polar surface area (TPSA) is 56.6 Å². The summed E-state index contributed by atoms with van der Waals surface area (Å²) in [6, 6.07) is 1.09. The number of hydrogen-bond acceptors (Lipinski definition) is 4. The average Bonchev–Trinajstić information content (AvgIpc) is 3.07. The third-order valence-corrected chi connectivity index (χ3v) is 6.80. The van der Waals surface area contributed by atoms with Crippen LogP contribution in [-0.2, 0) is 16.2 Å². The summed E-state index contributed by atoms with van der Waals surface area (Å²) in [5, 5.41) is 0. The first-order chi connectivity index (χ1) is 12.0. The molecule has 1 amide bonds. The van der Waals surface area contributed by atoms with Gasteiger partial charge in [0.25, 0.3) is 0 Å². The Bertz CT molecular complexity index is 622. The minimum absolute atomic E-state index is 0.0473. The van der Waals surface area contributed by atoms with E-state index in [1.54, 1.807) is 0 Å². The van der Waals surface area contributed by atoms with E-state index in [0.29, 0.717) is 13.3 Å². The molecule has 6 nitrogen and oxygen atoms in total. The Morgan fingerprint density at radius 2 is 2.08 bits per heavy atom. The molecule has 1 aromatic rings. The Labute approximate surface area is 171 Å². The third kappa shape index (κ3) is 6.23. The van der Waals surface area contributed by atoms with Crippen molar-refractivity contribution in [2.45, 2.75) is 77.7 Å². The van der Waals surface area contributed by atoms with E-state index in [1.807, 2.05) is 31.9 Å². The molecule has 26 heavy (non-hydrogen) atoms. The van der Waals surface area contributed by atoms with Crippen molar-refractivity contribution in [2.24, 2.45) is 0 Å². The van der Waals surface area contributed by atoms with Gasteiger partial charge in [-0.05, 0) is 62.2 Å². The molecule has 1 aliphatic rings. The van der Waals surface area contributed by atoms with E-state index in [0.717, 1.165) is 35.0 Å². The predicted octanol–water partition coefficient (Wildman–Crippen LogP) is 4.87. The molecule has 1 fully saturated rings. The highest BCUT2D eigenvalue weighted by molar-refractivity contribution is 14.1. The Morgan fingerprint density at radius 1 is 1.38 bits per heavy atom. The van der Waals surface area contributed by atoms with E-state index in [9.17, 15) is 4.79 Å². The van der Waals surface area contributed by atoms with Gasteiger partial charge in [-0.2, -0.15) is 0 Å². The van der Waals surface area contributed by atoms with Crippen LogP contribution in [0.1, 0.15) is 45.5 Å². The molecule has 0 bridgehead atoms. The second kappa shape index (κ2) is 8.60. The molecule has 0 unspecified atom stereocenters. The van der Waals surface area contributed by atoms with Gasteiger partial charge in [0.2, 0.25) is 0 Å². The fourth-order valence-corrected chi connectivity index (χ4v) is 4.15. The number of carbonyl (C=O) groups is 1. The van der Waals surface area contributed by atoms with E-state index in [4.69, 9.17) is 9.47 Å². The maximum Gasteiger partial charge on any atom is 0.410 e. The molecule has 2 rings (SSSR count). The highest BCUT2D eigenvalue weighted by Crippen LogP contribution is 2.33. The minimum atomic E-state index is -1.10. The van der Waals surface area contributed by atoms with Crippen molar-refractivity contribution in [3.8, 4) is 0 Å². The molecule has 0 aromatic carbocycles. The van der Waals surface area contributed by atoms with Gasteiger partial charge >= 0.3 is 6.09 Å². The zero-order valence-electron chi connectivity index (χ0n) is 16.8. The van der Waals surface area contributed by atoms with Gasteiger partial charge < -0.3 is 9.47 Å². The van der Waals surface area contributed by atoms with E-state index in [1.165, 1.54) is 0 Å². The van der Waals surface area contributed by atoms with Crippen LogP contribution in [0.3, 0.4) is 0 Å². The highest BCUT2D eigenvalue weighted by Gasteiger charge is 2.36. The van der Waals surface area contributed by atoms with Gasteiger partial charge in [0.05, 0.1) is 12.2 Å². The molecule has 1 aromatic heterocycles. The standard InChI is InChI=1S/C18H32IN3O3Si/c1-18(2,3)25-17(23)21-9-7-8-14(21)16-20-12-15(19)22(16)13-24-10-11-26(4,5)6/h12,14H,7-11,13H2,1-6H3/t14-/m0/s1. The van der Waals surface area contributed by atoms with Crippen LogP contribution in [0.25, 0.3) is 0 Å². The molecule has 0 N–H and O–H groups in total. The van der Waals surface area contributed by atoms with Gasteiger partial charge in [-0.25, -0.2) is 9.78 Å². The molecule has 1 aliphatic heterocycles. The fourth-order valence-electron chi connectivity index (χ4n) is 2.87. The predicted molar refractivity (Wildman–Crippen MR) is 114 cm³/mol. The average molecular weight is 493 g/mol. The van der Waals surface area contributed by atoms with Gasteiger partial charge in [-0.3, -0.25) is 9.47 Å². The van der Waals surface area contributed by atoms with Crippen molar-refractivity contribution < 1.29 is 14.3 Å². The highest BCUT2D eigenvalue weighted by atomic mass is 127. The summed E-state index contributed by atoms with van der Waals surface area (Å²) < 4.78 is 14.6. The lowest BCUT2D eigenvalue weighted by molar-refractivity contribution is 0.0203. The summed E-state index contributed by atoms with van der Waals surface area (Å²) in [5.74, 6) is 0.894. The van der Waals surface area contributed by atoms with Crippen molar-refractivity contribution in [1.29, 1.82) is 0 Å². The Morgan fingerprint density at radius 3 is 2.69 bits per heavy atom. The lowest BCUT2D eigenvalue weighted by Gasteiger charge is -2.28. The van der Waals surface area contributed by atoms with Crippen molar-refractivity contribution in [3.63, 3.8) is 0 Å². The Hall–Kier alpha value is -0.613. The number of nitrogens with zero attached hydrogens (tertiary/aromatic N) is 3. The van der Waals surface area contributed by atoms with E-state index in [2.05, 4.69) is 51.8 Å². The molecule has 0 saturated carbocycles. The second-order valence-electron chi connectivity index (χ2n) is 9.05.